The van der Waals surface area contributed by atoms with Gasteiger partial charge in [-0.3, -0.25) is 0 Å². The minimum atomic E-state index is 0.196. The topological polar surface area (TPSA) is 12.5 Å². The monoisotopic (exact) mass is 220 g/mol. The van der Waals surface area contributed by atoms with Gasteiger partial charge in [-0.2, -0.15) is 0 Å². The Kier molecular flexibility index (Phi) is 1.48. The van der Waals surface area contributed by atoms with E-state index in [1.54, 1.807) is 12.8 Å². The lowest BCUT2D eigenvalue weighted by atomic mass is 9.70. The van der Waals surface area contributed by atoms with Gasteiger partial charge in [0.25, 0.3) is 0 Å². The van der Waals surface area contributed by atoms with E-state index in [-0.39, 0.29) is 5.60 Å². The van der Waals surface area contributed by atoms with Crippen LogP contribution < -0.4 is 0 Å². The molecule has 5 rings (SSSR count). The Bertz CT molecular complexity index is 346. The fourth-order valence-electron chi connectivity index (χ4n) is 5.68. The molecule has 4 aliphatic carbocycles. The maximum Gasteiger partial charge on any atom is 0.0892 e. The highest BCUT2D eigenvalue weighted by atomic mass is 16.6. The van der Waals surface area contributed by atoms with Crippen molar-refractivity contribution in [2.75, 3.05) is 0 Å². The van der Waals surface area contributed by atoms with Gasteiger partial charge in [0.15, 0.2) is 0 Å². The van der Waals surface area contributed by atoms with Crippen LogP contribution in [-0.4, -0.2) is 11.7 Å². The molecule has 1 aliphatic heterocycles. The van der Waals surface area contributed by atoms with Crippen LogP contribution in [-0.2, 0) is 4.74 Å². The minimum absolute atomic E-state index is 0.196. The quantitative estimate of drug-likeness (QED) is 0.662. The number of rotatable bonds is 3. The first-order chi connectivity index (χ1) is 7.39. The van der Waals surface area contributed by atoms with Gasteiger partial charge in [-0.05, 0) is 68.1 Å². The zero-order valence-corrected chi connectivity index (χ0v) is 11.0. The first-order valence-electron chi connectivity index (χ1n) is 7.07. The average molecular weight is 220 g/mol. The third-order valence-corrected chi connectivity index (χ3v) is 7.22. The SMILES string of the molecule is CC1(C)O[C@H]1CCC1(C)C2CC3C(C2)C31C. The van der Waals surface area contributed by atoms with Gasteiger partial charge in [-0.1, -0.05) is 13.8 Å². The van der Waals surface area contributed by atoms with E-state index >= 15 is 0 Å². The van der Waals surface area contributed by atoms with Crippen molar-refractivity contribution in [2.24, 2.45) is 28.6 Å². The summed E-state index contributed by atoms with van der Waals surface area (Å²) in [5, 5.41) is 0. The molecule has 4 atom stereocenters. The summed E-state index contributed by atoms with van der Waals surface area (Å²) in [7, 11) is 0. The van der Waals surface area contributed by atoms with Crippen molar-refractivity contribution in [3.63, 3.8) is 0 Å². The van der Waals surface area contributed by atoms with E-state index < -0.39 is 0 Å². The van der Waals surface area contributed by atoms with E-state index in [4.69, 9.17) is 4.74 Å². The summed E-state index contributed by atoms with van der Waals surface area (Å²) in [5.41, 5.74) is 1.59. The molecule has 0 N–H and O–H groups in total. The fraction of sp³-hybridized carbons (Fsp3) is 1.00. The van der Waals surface area contributed by atoms with Gasteiger partial charge in [0, 0.05) is 0 Å². The van der Waals surface area contributed by atoms with Crippen LogP contribution in [0.2, 0.25) is 0 Å². The molecule has 1 saturated heterocycles. The van der Waals surface area contributed by atoms with Crippen molar-refractivity contribution < 1.29 is 4.74 Å². The summed E-state index contributed by atoms with van der Waals surface area (Å²) in [4.78, 5) is 0. The molecule has 16 heavy (non-hydrogen) atoms. The molecule has 0 aromatic rings. The molecule has 5 fully saturated rings. The third-order valence-electron chi connectivity index (χ3n) is 7.22. The Balaban J connectivity index is 1.48. The van der Waals surface area contributed by atoms with Crippen LogP contribution >= 0.6 is 0 Å². The summed E-state index contributed by atoms with van der Waals surface area (Å²) < 4.78 is 5.74. The lowest BCUT2D eigenvalue weighted by Crippen LogP contribution is -2.28. The second-order valence-electron chi connectivity index (χ2n) is 7.83. The molecule has 0 aromatic heterocycles. The predicted octanol–water partition coefficient (Wildman–Crippen LogP) is 3.63. The van der Waals surface area contributed by atoms with Gasteiger partial charge < -0.3 is 4.74 Å². The van der Waals surface area contributed by atoms with Crippen molar-refractivity contribution in [1.82, 2.24) is 0 Å². The molecule has 3 unspecified atom stereocenters. The van der Waals surface area contributed by atoms with Crippen LogP contribution in [0.3, 0.4) is 0 Å². The molecule has 5 aliphatic rings. The number of hydrogen-bond donors (Lipinski definition) is 0. The van der Waals surface area contributed by atoms with E-state index in [0.717, 1.165) is 23.2 Å². The van der Waals surface area contributed by atoms with Crippen LogP contribution in [0.1, 0.15) is 53.4 Å². The van der Waals surface area contributed by atoms with Crippen molar-refractivity contribution in [2.45, 2.75) is 65.1 Å². The highest BCUT2D eigenvalue weighted by Gasteiger charge is 2.81. The summed E-state index contributed by atoms with van der Waals surface area (Å²) >= 11 is 0. The Labute approximate surface area is 98.9 Å². The molecule has 1 nitrogen and oxygen atoms in total. The number of epoxide rings is 1. The third kappa shape index (κ3) is 0.868. The largest absolute Gasteiger partial charge is 0.367 e. The van der Waals surface area contributed by atoms with E-state index in [1.165, 1.54) is 12.8 Å². The van der Waals surface area contributed by atoms with E-state index in [2.05, 4.69) is 27.7 Å². The van der Waals surface area contributed by atoms with Crippen molar-refractivity contribution in [1.29, 1.82) is 0 Å². The molecule has 4 saturated carbocycles. The summed E-state index contributed by atoms with van der Waals surface area (Å²) in [5.74, 6) is 3.26. The zero-order chi connectivity index (χ0) is 11.3. The van der Waals surface area contributed by atoms with Gasteiger partial charge in [0.1, 0.15) is 0 Å². The Morgan fingerprint density at radius 3 is 2.00 bits per heavy atom. The molecule has 0 spiro atoms. The fourth-order valence-corrected chi connectivity index (χ4v) is 5.68. The van der Waals surface area contributed by atoms with Gasteiger partial charge in [0.05, 0.1) is 11.7 Å². The van der Waals surface area contributed by atoms with Crippen molar-refractivity contribution in [3.8, 4) is 0 Å². The maximum atomic E-state index is 5.74. The van der Waals surface area contributed by atoms with E-state index in [0.29, 0.717) is 11.5 Å². The standard InChI is InChI=1S/C15H24O/c1-13(2)12(16-13)5-6-14(3)9-7-10-11(8-9)15(10,14)4/h9-12H,5-8H2,1-4H3/t9?,10?,11?,12-,14?,15?/m0/s1. The normalized spacial score (nSPS) is 63.8. The van der Waals surface area contributed by atoms with Crippen molar-refractivity contribution in [3.05, 3.63) is 0 Å². The summed E-state index contributed by atoms with van der Waals surface area (Å²) in [6.45, 7) is 9.63. The van der Waals surface area contributed by atoms with Gasteiger partial charge in [-0.25, -0.2) is 0 Å². The highest BCUT2D eigenvalue weighted by molar-refractivity contribution is 5.28. The zero-order valence-electron chi connectivity index (χ0n) is 11.0. The van der Waals surface area contributed by atoms with E-state index in [1.807, 2.05) is 0 Å². The second kappa shape index (κ2) is 2.39. The lowest BCUT2D eigenvalue weighted by molar-refractivity contribution is 0.143. The van der Waals surface area contributed by atoms with Crippen LogP contribution in [0.5, 0.6) is 0 Å². The predicted molar refractivity (Wildman–Crippen MR) is 64.1 cm³/mol. The Hall–Kier alpha value is -0.0400. The van der Waals surface area contributed by atoms with Crippen LogP contribution in [0, 0.1) is 28.6 Å². The number of ether oxygens (including phenoxy) is 1. The second-order valence-corrected chi connectivity index (χ2v) is 7.83. The summed E-state index contributed by atoms with van der Waals surface area (Å²) in [6.07, 6.45) is 6.37. The molecule has 0 aromatic carbocycles. The van der Waals surface area contributed by atoms with Gasteiger partial charge in [0.2, 0.25) is 0 Å². The smallest absolute Gasteiger partial charge is 0.0892 e. The van der Waals surface area contributed by atoms with Crippen LogP contribution in [0.4, 0.5) is 0 Å². The van der Waals surface area contributed by atoms with Gasteiger partial charge >= 0.3 is 0 Å². The maximum absolute atomic E-state index is 5.74. The molecule has 1 heteroatoms. The van der Waals surface area contributed by atoms with Gasteiger partial charge in [-0.15, -0.1) is 0 Å². The van der Waals surface area contributed by atoms with E-state index in [9.17, 15) is 0 Å². The number of hydrogen-bond acceptors (Lipinski definition) is 1. The highest BCUT2D eigenvalue weighted by Crippen LogP contribution is 2.87. The molecule has 1 heterocycles. The minimum Gasteiger partial charge on any atom is -0.367 e. The molecule has 0 amide bonds. The Morgan fingerprint density at radius 2 is 1.62 bits per heavy atom. The van der Waals surface area contributed by atoms with Crippen molar-refractivity contribution >= 4 is 0 Å². The molecular formula is C15H24O. The molecule has 0 radical (unpaired) electrons. The molecule has 90 valence electrons. The average Bonchev–Trinajstić information content (AvgIpc) is 2.82. The first kappa shape index (κ1) is 9.94. The van der Waals surface area contributed by atoms with Crippen LogP contribution in [0.25, 0.3) is 0 Å². The van der Waals surface area contributed by atoms with Crippen LogP contribution in [0.15, 0.2) is 0 Å². The lowest BCUT2D eigenvalue weighted by Gasteiger charge is -2.34. The first-order valence-corrected chi connectivity index (χ1v) is 7.07. The molecular weight excluding hydrogens is 196 g/mol. The summed E-state index contributed by atoms with van der Waals surface area (Å²) in [6, 6.07) is 0. The Morgan fingerprint density at radius 1 is 1.06 bits per heavy atom. The molecule has 4 bridgehead atoms.